The molecule has 0 saturated carbocycles. The molecule has 0 aromatic heterocycles. The standard InChI is InChI=1S/C30H23ClN2O3/c31-26-12-10-23(11-13-26)21-36-29-9-5-4-8-24(29)18-25(19-32)30(34)33-27-14-16-28(17-15-27)35-20-22-6-2-1-3-7-22/h1-18H,20-21H2,(H,33,34)/b25-18+. The maximum Gasteiger partial charge on any atom is 0.266 e. The van der Waals surface area contributed by atoms with Crippen LogP contribution in [0.4, 0.5) is 5.69 Å². The Hall–Kier alpha value is -4.53. The minimum absolute atomic E-state index is 0.0399. The van der Waals surface area contributed by atoms with Gasteiger partial charge in [-0.25, -0.2) is 0 Å². The van der Waals surface area contributed by atoms with Gasteiger partial charge in [0.2, 0.25) is 0 Å². The van der Waals surface area contributed by atoms with Gasteiger partial charge in [0, 0.05) is 16.3 Å². The summed E-state index contributed by atoms with van der Waals surface area (Å²) in [5, 5.41) is 13.0. The van der Waals surface area contributed by atoms with Crippen molar-refractivity contribution in [2.75, 3.05) is 5.32 Å². The van der Waals surface area contributed by atoms with Crippen LogP contribution in [0.15, 0.2) is 109 Å². The zero-order chi connectivity index (χ0) is 25.2. The highest BCUT2D eigenvalue weighted by Crippen LogP contribution is 2.23. The van der Waals surface area contributed by atoms with Crippen molar-refractivity contribution < 1.29 is 14.3 Å². The van der Waals surface area contributed by atoms with Crippen molar-refractivity contribution in [2.24, 2.45) is 0 Å². The molecule has 0 aliphatic heterocycles. The van der Waals surface area contributed by atoms with Crippen molar-refractivity contribution in [3.05, 3.63) is 130 Å². The van der Waals surface area contributed by atoms with Crippen LogP contribution < -0.4 is 14.8 Å². The average molecular weight is 495 g/mol. The first-order valence-electron chi connectivity index (χ1n) is 11.3. The molecule has 0 atom stereocenters. The molecule has 0 spiro atoms. The first-order chi connectivity index (χ1) is 17.6. The van der Waals surface area contributed by atoms with Crippen LogP contribution in [0.1, 0.15) is 16.7 Å². The fourth-order valence-electron chi connectivity index (χ4n) is 3.35. The molecule has 0 saturated heterocycles. The number of amides is 1. The molecule has 4 rings (SSSR count). The van der Waals surface area contributed by atoms with Gasteiger partial charge in [-0.3, -0.25) is 4.79 Å². The van der Waals surface area contributed by atoms with E-state index in [1.54, 1.807) is 48.5 Å². The van der Waals surface area contributed by atoms with Gasteiger partial charge in [-0.2, -0.15) is 5.26 Å². The highest BCUT2D eigenvalue weighted by atomic mass is 35.5. The minimum atomic E-state index is -0.511. The van der Waals surface area contributed by atoms with E-state index in [1.807, 2.05) is 60.7 Å². The number of carbonyl (C=O) groups excluding carboxylic acids is 1. The van der Waals surface area contributed by atoms with Crippen LogP contribution in [0.5, 0.6) is 11.5 Å². The number of rotatable bonds is 9. The number of benzene rings is 4. The Balaban J connectivity index is 1.39. The number of nitriles is 1. The lowest BCUT2D eigenvalue weighted by atomic mass is 10.1. The van der Waals surface area contributed by atoms with E-state index < -0.39 is 5.91 Å². The number of anilines is 1. The molecule has 0 bridgehead atoms. The van der Waals surface area contributed by atoms with Gasteiger partial charge in [-0.15, -0.1) is 0 Å². The number of hydrogen-bond donors (Lipinski definition) is 1. The predicted octanol–water partition coefficient (Wildman–Crippen LogP) is 7.04. The van der Waals surface area contributed by atoms with Crippen LogP contribution in [0, 0.1) is 11.3 Å². The monoisotopic (exact) mass is 494 g/mol. The fraction of sp³-hybridized carbons (Fsp3) is 0.0667. The predicted molar refractivity (Wildman–Crippen MR) is 142 cm³/mol. The lowest BCUT2D eigenvalue weighted by molar-refractivity contribution is -0.112. The zero-order valence-corrected chi connectivity index (χ0v) is 20.1. The summed E-state index contributed by atoms with van der Waals surface area (Å²) >= 11 is 5.94. The number of nitrogens with zero attached hydrogens (tertiary/aromatic N) is 1. The van der Waals surface area contributed by atoms with Crippen molar-refractivity contribution in [1.29, 1.82) is 5.26 Å². The third kappa shape index (κ3) is 6.99. The van der Waals surface area contributed by atoms with Crippen molar-refractivity contribution in [3.63, 3.8) is 0 Å². The molecule has 0 heterocycles. The zero-order valence-electron chi connectivity index (χ0n) is 19.4. The molecule has 0 radical (unpaired) electrons. The second-order valence-electron chi connectivity index (χ2n) is 7.88. The van der Waals surface area contributed by atoms with Crippen LogP contribution in [0.25, 0.3) is 6.08 Å². The third-order valence-electron chi connectivity index (χ3n) is 5.25. The maximum absolute atomic E-state index is 12.8. The second kappa shape index (κ2) is 12.3. The molecule has 0 aliphatic rings. The molecule has 1 amide bonds. The van der Waals surface area contributed by atoms with Crippen LogP contribution in [0.3, 0.4) is 0 Å². The molecule has 0 aliphatic carbocycles. The average Bonchev–Trinajstić information content (AvgIpc) is 2.92. The molecule has 4 aromatic rings. The van der Waals surface area contributed by atoms with E-state index in [0.29, 0.717) is 41.0 Å². The van der Waals surface area contributed by atoms with E-state index in [-0.39, 0.29) is 5.57 Å². The Morgan fingerprint density at radius 2 is 1.44 bits per heavy atom. The number of halogens is 1. The Morgan fingerprint density at radius 3 is 2.17 bits per heavy atom. The van der Waals surface area contributed by atoms with Crippen molar-refractivity contribution in [1.82, 2.24) is 0 Å². The quantitative estimate of drug-likeness (QED) is 0.200. The lowest BCUT2D eigenvalue weighted by Crippen LogP contribution is -2.13. The maximum atomic E-state index is 12.8. The summed E-state index contributed by atoms with van der Waals surface area (Å²) in [7, 11) is 0. The van der Waals surface area contributed by atoms with Gasteiger partial charge in [0.1, 0.15) is 36.4 Å². The summed E-state index contributed by atoms with van der Waals surface area (Å²) in [6.45, 7) is 0.780. The Kier molecular flexibility index (Phi) is 8.37. The van der Waals surface area contributed by atoms with Crippen LogP contribution in [-0.4, -0.2) is 5.91 Å². The molecular weight excluding hydrogens is 472 g/mol. The second-order valence-corrected chi connectivity index (χ2v) is 8.31. The van der Waals surface area contributed by atoms with Crippen molar-refractivity contribution in [3.8, 4) is 17.6 Å². The van der Waals surface area contributed by atoms with Gasteiger partial charge in [-0.1, -0.05) is 72.3 Å². The van der Waals surface area contributed by atoms with E-state index in [1.165, 1.54) is 6.08 Å². The van der Waals surface area contributed by atoms with Gasteiger partial charge in [0.25, 0.3) is 5.91 Å². The molecule has 5 nitrogen and oxygen atoms in total. The van der Waals surface area contributed by atoms with Crippen LogP contribution in [-0.2, 0) is 18.0 Å². The fourth-order valence-corrected chi connectivity index (χ4v) is 3.48. The first-order valence-corrected chi connectivity index (χ1v) is 11.6. The third-order valence-corrected chi connectivity index (χ3v) is 5.50. The van der Waals surface area contributed by atoms with Crippen molar-refractivity contribution in [2.45, 2.75) is 13.2 Å². The smallest absolute Gasteiger partial charge is 0.266 e. The Labute approximate surface area is 215 Å². The number of ether oxygens (including phenoxy) is 2. The summed E-state index contributed by atoms with van der Waals surface area (Å²) in [6.07, 6.45) is 1.52. The summed E-state index contributed by atoms with van der Waals surface area (Å²) in [5.41, 5.74) is 3.16. The number of hydrogen-bond acceptors (Lipinski definition) is 4. The molecule has 0 fully saturated rings. The molecule has 4 aromatic carbocycles. The van der Waals surface area contributed by atoms with E-state index in [4.69, 9.17) is 21.1 Å². The Bertz CT molecular complexity index is 1380. The normalized spacial score (nSPS) is 10.8. The molecule has 1 N–H and O–H groups in total. The summed E-state index contributed by atoms with van der Waals surface area (Å²) < 4.78 is 11.7. The first kappa shape index (κ1) is 24.6. The van der Waals surface area contributed by atoms with Crippen molar-refractivity contribution >= 4 is 29.3 Å². The van der Waals surface area contributed by atoms with Crippen LogP contribution in [0.2, 0.25) is 5.02 Å². The lowest BCUT2D eigenvalue weighted by Gasteiger charge is -2.10. The minimum Gasteiger partial charge on any atom is -0.489 e. The van der Waals surface area contributed by atoms with Gasteiger partial charge in [0.15, 0.2) is 0 Å². The molecular formula is C30H23ClN2O3. The molecule has 178 valence electrons. The summed E-state index contributed by atoms with van der Waals surface area (Å²) in [4.78, 5) is 12.8. The highest BCUT2D eigenvalue weighted by Gasteiger charge is 2.12. The number of nitrogens with one attached hydrogen (secondary N) is 1. The van der Waals surface area contributed by atoms with E-state index in [0.717, 1.165) is 11.1 Å². The van der Waals surface area contributed by atoms with Gasteiger partial charge < -0.3 is 14.8 Å². The van der Waals surface area contributed by atoms with E-state index in [9.17, 15) is 10.1 Å². The van der Waals surface area contributed by atoms with Gasteiger partial charge in [0.05, 0.1) is 0 Å². The summed E-state index contributed by atoms with van der Waals surface area (Å²) in [6, 6.07) is 33.5. The molecule has 6 heteroatoms. The highest BCUT2D eigenvalue weighted by molar-refractivity contribution is 6.30. The Morgan fingerprint density at radius 1 is 0.806 bits per heavy atom. The topological polar surface area (TPSA) is 71.3 Å². The SMILES string of the molecule is N#C/C(=C\c1ccccc1OCc1ccc(Cl)cc1)C(=O)Nc1ccc(OCc2ccccc2)cc1. The van der Waals surface area contributed by atoms with E-state index >= 15 is 0 Å². The number of carbonyl (C=O) groups is 1. The molecule has 0 unspecified atom stereocenters. The van der Waals surface area contributed by atoms with E-state index in [2.05, 4.69) is 5.32 Å². The number of para-hydroxylation sites is 1. The van der Waals surface area contributed by atoms with Crippen LogP contribution >= 0.6 is 11.6 Å². The largest absolute Gasteiger partial charge is 0.489 e. The van der Waals surface area contributed by atoms with Gasteiger partial charge >= 0.3 is 0 Å². The molecule has 36 heavy (non-hydrogen) atoms. The van der Waals surface area contributed by atoms with Gasteiger partial charge in [-0.05, 0) is 59.7 Å². The summed E-state index contributed by atoms with van der Waals surface area (Å²) in [5.74, 6) is 0.732.